The molecule has 1 fully saturated rings. The van der Waals surface area contributed by atoms with E-state index in [1.807, 2.05) is 13.8 Å². The summed E-state index contributed by atoms with van der Waals surface area (Å²) in [6.07, 6.45) is 2.41. The molecular formula is C15H20O5. The number of rotatable bonds is 6. The van der Waals surface area contributed by atoms with Gasteiger partial charge >= 0.3 is 5.97 Å². The quantitative estimate of drug-likeness (QED) is 0.868. The molecule has 2 atom stereocenters. The molecule has 1 aliphatic heterocycles. The minimum Gasteiger partial charge on any atom is -0.490 e. The highest BCUT2D eigenvalue weighted by Crippen LogP contribution is 2.29. The third kappa shape index (κ3) is 3.63. The normalized spacial score (nSPS) is 21.7. The molecule has 1 heterocycles. The van der Waals surface area contributed by atoms with Crippen LogP contribution in [0.5, 0.6) is 11.5 Å². The van der Waals surface area contributed by atoms with E-state index in [0.717, 1.165) is 12.8 Å². The number of hydrogen-bond acceptors (Lipinski definition) is 4. The van der Waals surface area contributed by atoms with Crippen molar-refractivity contribution < 1.29 is 24.1 Å². The maximum atomic E-state index is 11.0. The highest BCUT2D eigenvalue weighted by Gasteiger charge is 2.22. The molecule has 5 heteroatoms. The molecule has 0 radical (unpaired) electrons. The second-order valence-corrected chi connectivity index (χ2v) is 4.86. The largest absolute Gasteiger partial charge is 0.490 e. The Morgan fingerprint density at radius 3 is 2.75 bits per heavy atom. The van der Waals surface area contributed by atoms with E-state index in [0.29, 0.717) is 24.7 Å². The fraction of sp³-hybridized carbons (Fsp3) is 0.533. The molecule has 20 heavy (non-hydrogen) atoms. The van der Waals surface area contributed by atoms with Crippen LogP contribution < -0.4 is 9.47 Å². The van der Waals surface area contributed by atoms with Gasteiger partial charge in [0.1, 0.15) is 6.61 Å². The van der Waals surface area contributed by atoms with E-state index < -0.39 is 5.97 Å². The number of benzene rings is 1. The van der Waals surface area contributed by atoms with Gasteiger partial charge in [-0.2, -0.15) is 0 Å². The minimum absolute atomic E-state index is 0.0960. The van der Waals surface area contributed by atoms with E-state index in [9.17, 15) is 4.79 Å². The summed E-state index contributed by atoms with van der Waals surface area (Å²) >= 11 is 0. The first-order chi connectivity index (χ1) is 9.60. The van der Waals surface area contributed by atoms with Crippen LogP contribution in [0.2, 0.25) is 0 Å². The Kier molecular flexibility index (Phi) is 4.84. The van der Waals surface area contributed by atoms with Gasteiger partial charge in [0.05, 0.1) is 24.4 Å². The standard InChI is InChI=1S/C15H20O5/c1-3-18-14-8-11(15(16)17)5-7-13(14)19-9-12-6-4-10(2)20-12/h5,7-8,10,12H,3-4,6,9H2,1-2H3,(H,16,17). The van der Waals surface area contributed by atoms with Gasteiger partial charge in [0.25, 0.3) is 0 Å². The third-order valence-electron chi connectivity index (χ3n) is 3.24. The summed E-state index contributed by atoms with van der Waals surface area (Å²) in [7, 11) is 0. The summed E-state index contributed by atoms with van der Waals surface area (Å²) in [5.74, 6) is 0.0314. The molecule has 0 aliphatic carbocycles. The first-order valence-electron chi connectivity index (χ1n) is 6.88. The topological polar surface area (TPSA) is 65.0 Å². The lowest BCUT2D eigenvalue weighted by molar-refractivity contribution is 0.0258. The number of carboxylic acids is 1. The third-order valence-corrected chi connectivity index (χ3v) is 3.24. The molecule has 0 saturated carbocycles. The number of carbonyl (C=O) groups is 1. The van der Waals surface area contributed by atoms with Crippen molar-refractivity contribution in [2.24, 2.45) is 0 Å². The number of aromatic carboxylic acids is 1. The summed E-state index contributed by atoms with van der Waals surface area (Å²) in [6.45, 7) is 4.81. The molecule has 2 unspecified atom stereocenters. The van der Waals surface area contributed by atoms with Crippen LogP contribution in [0, 0.1) is 0 Å². The average molecular weight is 280 g/mol. The number of hydrogen-bond donors (Lipinski definition) is 1. The molecule has 1 saturated heterocycles. The lowest BCUT2D eigenvalue weighted by atomic mass is 10.2. The van der Waals surface area contributed by atoms with E-state index in [-0.39, 0.29) is 17.8 Å². The van der Waals surface area contributed by atoms with E-state index in [1.165, 1.54) is 12.1 Å². The first kappa shape index (κ1) is 14.7. The second kappa shape index (κ2) is 6.61. The van der Waals surface area contributed by atoms with Gasteiger partial charge in [-0.05, 0) is 44.9 Å². The molecule has 1 aliphatic rings. The zero-order valence-corrected chi connectivity index (χ0v) is 11.8. The molecule has 0 spiro atoms. The molecule has 2 rings (SSSR count). The Hall–Kier alpha value is -1.75. The molecule has 5 nitrogen and oxygen atoms in total. The van der Waals surface area contributed by atoms with E-state index in [1.54, 1.807) is 6.07 Å². The van der Waals surface area contributed by atoms with Crippen molar-refractivity contribution in [2.45, 2.75) is 38.9 Å². The Morgan fingerprint density at radius 1 is 1.35 bits per heavy atom. The average Bonchev–Trinajstić information content (AvgIpc) is 2.83. The predicted molar refractivity (Wildman–Crippen MR) is 73.6 cm³/mol. The molecule has 110 valence electrons. The zero-order chi connectivity index (χ0) is 14.5. The summed E-state index contributed by atoms with van der Waals surface area (Å²) < 4.78 is 16.8. The fourth-order valence-corrected chi connectivity index (χ4v) is 2.22. The van der Waals surface area contributed by atoms with Crippen LogP contribution in [-0.4, -0.2) is 36.5 Å². The van der Waals surface area contributed by atoms with Gasteiger partial charge in [-0.3, -0.25) is 0 Å². The van der Waals surface area contributed by atoms with Gasteiger partial charge in [0.15, 0.2) is 11.5 Å². The SMILES string of the molecule is CCOc1cc(C(=O)O)ccc1OCC1CCC(C)O1. The van der Waals surface area contributed by atoms with Gasteiger partial charge in [-0.1, -0.05) is 0 Å². The Labute approximate surface area is 118 Å². The maximum absolute atomic E-state index is 11.0. The summed E-state index contributed by atoms with van der Waals surface area (Å²) in [6, 6.07) is 4.63. The Balaban J connectivity index is 2.04. The summed E-state index contributed by atoms with van der Waals surface area (Å²) in [5.41, 5.74) is 0.187. The summed E-state index contributed by atoms with van der Waals surface area (Å²) in [4.78, 5) is 11.0. The van der Waals surface area contributed by atoms with Gasteiger partial charge in [0.2, 0.25) is 0 Å². The first-order valence-corrected chi connectivity index (χ1v) is 6.88. The van der Waals surface area contributed by atoms with Crippen LogP contribution in [0.15, 0.2) is 18.2 Å². The molecule has 1 aromatic rings. The van der Waals surface area contributed by atoms with Crippen LogP contribution >= 0.6 is 0 Å². The predicted octanol–water partition coefficient (Wildman–Crippen LogP) is 2.73. The van der Waals surface area contributed by atoms with Crippen molar-refractivity contribution in [3.63, 3.8) is 0 Å². The Bertz CT molecular complexity index is 471. The van der Waals surface area contributed by atoms with Gasteiger partial charge in [0, 0.05) is 0 Å². The fourth-order valence-electron chi connectivity index (χ4n) is 2.22. The van der Waals surface area contributed by atoms with Crippen molar-refractivity contribution in [3.8, 4) is 11.5 Å². The van der Waals surface area contributed by atoms with Gasteiger partial charge in [-0.25, -0.2) is 4.79 Å². The lowest BCUT2D eigenvalue weighted by Crippen LogP contribution is -2.18. The molecule has 1 aromatic carbocycles. The van der Waals surface area contributed by atoms with E-state index in [4.69, 9.17) is 19.3 Å². The van der Waals surface area contributed by atoms with Crippen molar-refractivity contribution in [1.29, 1.82) is 0 Å². The molecule has 0 bridgehead atoms. The van der Waals surface area contributed by atoms with Crippen LogP contribution in [0.3, 0.4) is 0 Å². The van der Waals surface area contributed by atoms with Crippen LogP contribution in [-0.2, 0) is 4.74 Å². The van der Waals surface area contributed by atoms with Gasteiger partial charge < -0.3 is 19.3 Å². The molecular weight excluding hydrogens is 260 g/mol. The van der Waals surface area contributed by atoms with Crippen molar-refractivity contribution in [2.75, 3.05) is 13.2 Å². The van der Waals surface area contributed by atoms with Crippen molar-refractivity contribution in [1.82, 2.24) is 0 Å². The molecule has 0 aromatic heterocycles. The van der Waals surface area contributed by atoms with E-state index >= 15 is 0 Å². The highest BCUT2D eigenvalue weighted by atomic mass is 16.6. The van der Waals surface area contributed by atoms with Gasteiger partial charge in [-0.15, -0.1) is 0 Å². The van der Waals surface area contributed by atoms with Crippen LogP contribution in [0.25, 0.3) is 0 Å². The molecule has 1 N–H and O–H groups in total. The molecule has 0 amide bonds. The van der Waals surface area contributed by atoms with Crippen molar-refractivity contribution in [3.05, 3.63) is 23.8 Å². The monoisotopic (exact) mass is 280 g/mol. The minimum atomic E-state index is -0.981. The number of carboxylic acid groups (broad SMARTS) is 1. The smallest absolute Gasteiger partial charge is 0.335 e. The lowest BCUT2D eigenvalue weighted by Gasteiger charge is -2.15. The van der Waals surface area contributed by atoms with Crippen LogP contribution in [0.4, 0.5) is 0 Å². The number of ether oxygens (including phenoxy) is 3. The highest BCUT2D eigenvalue weighted by molar-refractivity contribution is 5.88. The van der Waals surface area contributed by atoms with E-state index in [2.05, 4.69) is 0 Å². The second-order valence-electron chi connectivity index (χ2n) is 4.86. The zero-order valence-electron chi connectivity index (χ0n) is 11.8. The van der Waals surface area contributed by atoms with Crippen LogP contribution in [0.1, 0.15) is 37.0 Å². The van der Waals surface area contributed by atoms with Crippen molar-refractivity contribution >= 4 is 5.97 Å². The maximum Gasteiger partial charge on any atom is 0.335 e. The summed E-state index contributed by atoms with van der Waals surface area (Å²) in [5, 5.41) is 8.98. The Morgan fingerprint density at radius 2 is 2.15 bits per heavy atom.